The van der Waals surface area contributed by atoms with E-state index < -0.39 is 5.92 Å². The van der Waals surface area contributed by atoms with Gasteiger partial charge in [0, 0.05) is 31.3 Å². The molecule has 0 unspecified atom stereocenters. The molecule has 2 aromatic rings. The summed E-state index contributed by atoms with van der Waals surface area (Å²) in [7, 11) is 0. The number of aryl methyl sites for hydroxylation is 1. The molecular formula is C18H21N5O4. The zero-order valence-electron chi connectivity index (χ0n) is 15.1. The smallest absolute Gasteiger partial charge is 0.248 e. The number of rotatable bonds is 5. The molecule has 9 heteroatoms. The van der Waals surface area contributed by atoms with E-state index in [-0.39, 0.29) is 24.2 Å². The number of aromatic nitrogens is 3. The zero-order valence-corrected chi connectivity index (χ0v) is 15.1. The summed E-state index contributed by atoms with van der Waals surface area (Å²) >= 11 is 0. The van der Waals surface area contributed by atoms with Crippen LogP contribution >= 0.6 is 0 Å². The lowest BCUT2D eigenvalue weighted by Crippen LogP contribution is -2.28. The molecule has 0 spiro atoms. The number of nitrogens with zero attached hydrogens (tertiary/aromatic N) is 4. The van der Waals surface area contributed by atoms with Crippen LogP contribution in [0.2, 0.25) is 0 Å². The first kappa shape index (κ1) is 17.3. The van der Waals surface area contributed by atoms with E-state index in [9.17, 15) is 9.59 Å². The maximum Gasteiger partial charge on any atom is 0.248 e. The molecule has 9 nitrogen and oxygen atoms in total. The normalized spacial score (nSPS) is 18.6. The number of amides is 2. The minimum atomic E-state index is -0.455. The van der Waals surface area contributed by atoms with Crippen LogP contribution in [0.25, 0.3) is 0 Å². The van der Waals surface area contributed by atoms with Crippen LogP contribution in [0.4, 0.5) is 11.6 Å². The van der Waals surface area contributed by atoms with Crippen LogP contribution in [0.1, 0.15) is 19.8 Å². The Morgan fingerprint density at radius 2 is 2.11 bits per heavy atom. The number of anilines is 2. The molecule has 4 rings (SSSR count). The van der Waals surface area contributed by atoms with Gasteiger partial charge in [0.05, 0.1) is 5.92 Å². The number of fused-ring (bicyclic) bond motifs is 1. The molecule has 0 radical (unpaired) electrons. The Kier molecular flexibility index (Phi) is 4.66. The zero-order chi connectivity index (χ0) is 18.8. The number of ether oxygens (including phenoxy) is 2. The van der Waals surface area contributed by atoms with Crippen molar-refractivity contribution in [1.29, 1.82) is 0 Å². The van der Waals surface area contributed by atoms with Crippen molar-refractivity contribution >= 4 is 23.5 Å². The largest absolute Gasteiger partial charge is 0.486 e. The molecule has 0 aliphatic carbocycles. The summed E-state index contributed by atoms with van der Waals surface area (Å²) < 4.78 is 12.8. The minimum absolute atomic E-state index is 0.101. The number of benzene rings is 1. The summed E-state index contributed by atoms with van der Waals surface area (Å²) in [5.41, 5.74) is 0.699. The van der Waals surface area contributed by atoms with E-state index in [0.717, 1.165) is 13.0 Å². The van der Waals surface area contributed by atoms with Crippen LogP contribution in [-0.4, -0.2) is 46.3 Å². The Labute approximate surface area is 156 Å². The predicted molar refractivity (Wildman–Crippen MR) is 96.8 cm³/mol. The maximum absolute atomic E-state index is 12.5. The monoisotopic (exact) mass is 371 g/mol. The first-order chi connectivity index (χ1) is 13.1. The highest BCUT2D eigenvalue weighted by atomic mass is 16.6. The van der Waals surface area contributed by atoms with E-state index in [1.165, 1.54) is 0 Å². The van der Waals surface area contributed by atoms with Crippen LogP contribution in [0.5, 0.6) is 11.5 Å². The standard InChI is InChI=1S/C18H21N5O4/c1-2-5-22-11-19-18(21-22)20-17(25)12-8-16(24)23(10-12)13-3-4-14-15(9-13)27-7-6-26-14/h3-4,9,11-12H,2,5-8,10H2,1H3,(H,20,21,25)/t12-/m0/s1. The van der Waals surface area contributed by atoms with Crippen molar-refractivity contribution in [1.82, 2.24) is 14.8 Å². The minimum Gasteiger partial charge on any atom is -0.486 e. The van der Waals surface area contributed by atoms with E-state index in [2.05, 4.69) is 15.4 Å². The van der Waals surface area contributed by atoms with Crippen LogP contribution < -0.4 is 19.7 Å². The summed E-state index contributed by atoms with van der Waals surface area (Å²) in [6.45, 7) is 4.07. The lowest BCUT2D eigenvalue weighted by Gasteiger charge is -2.22. The summed E-state index contributed by atoms with van der Waals surface area (Å²) in [6, 6.07) is 5.37. The third-order valence-corrected chi connectivity index (χ3v) is 4.56. The molecule has 1 fully saturated rings. The van der Waals surface area contributed by atoms with Crippen molar-refractivity contribution in [3.8, 4) is 11.5 Å². The first-order valence-corrected chi connectivity index (χ1v) is 9.04. The second-order valence-electron chi connectivity index (χ2n) is 6.55. The third-order valence-electron chi connectivity index (χ3n) is 4.56. The van der Waals surface area contributed by atoms with Crippen LogP contribution in [0.15, 0.2) is 24.5 Å². The number of nitrogens with one attached hydrogen (secondary N) is 1. The van der Waals surface area contributed by atoms with Crippen molar-refractivity contribution in [2.75, 3.05) is 30.0 Å². The van der Waals surface area contributed by atoms with Gasteiger partial charge < -0.3 is 14.4 Å². The Morgan fingerprint density at radius 1 is 1.30 bits per heavy atom. The molecular weight excluding hydrogens is 350 g/mol. The van der Waals surface area contributed by atoms with E-state index in [4.69, 9.17) is 9.47 Å². The van der Waals surface area contributed by atoms with Crippen molar-refractivity contribution in [3.63, 3.8) is 0 Å². The average molecular weight is 371 g/mol. The molecule has 1 atom stereocenters. The van der Waals surface area contributed by atoms with Gasteiger partial charge in [-0.15, -0.1) is 5.10 Å². The molecule has 2 aliphatic rings. The van der Waals surface area contributed by atoms with Crippen molar-refractivity contribution in [2.45, 2.75) is 26.3 Å². The number of carbonyl (C=O) groups is 2. The van der Waals surface area contributed by atoms with E-state index in [0.29, 0.717) is 36.9 Å². The Bertz CT molecular complexity index is 865. The molecule has 2 aliphatic heterocycles. The Balaban J connectivity index is 1.43. The molecule has 3 heterocycles. The first-order valence-electron chi connectivity index (χ1n) is 9.04. The van der Waals surface area contributed by atoms with Gasteiger partial charge in [0.15, 0.2) is 11.5 Å². The van der Waals surface area contributed by atoms with Gasteiger partial charge in [-0.05, 0) is 18.6 Å². The highest BCUT2D eigenvalue weighted by Gasteiger charge is 2.36. The molecule has 0 saturated carbocycles. The average Bonchev–Trinajstić information content (AvgIpc) is 3.28. The van der Waals surface area contributed by atoms with E-state index in [1.54, 1.807) is 34.1 Å². The highest BCUT2D eigenvalue weighted by Crippen LogP contribution is 2.36. The van der Waals surface area contributed by atoms with Gasteiger partial charge in [-0.3, -0.25) is 19.6 Å². The lowest BCUT2D eigenvalue weighted by atomic mass is 10.1. The molecule has 1 aromatic carbocycles. The third kappa shape index (κ3) is 3.57. The maximum atomic E-state index is 12.5. The quantitative estimate of drug-likeness (QED) is 0.854. The van der Waals surface area contributed by atoms with Gasteiger partial charge in [0.25, 0.3) is 0 Å². The molecule has 27 heavy (non-hydrogen) atoms. The fraction of sp³-hybridized carbons (Fsp3) is 0.444. The van der Waals surface area contributed by atoms with Gasteiger partial charge in [-0.2, -0.15) is 0 Å². The van der Waals surface area contributed by atoms with Crippen LogP contribution in [0.3, 0.4) is 0 Å². The Morgan fingerprint density at radius 3 is 2.93 bits per heavy atom. The SMILES string of the molecule is CCCn1cnc(NC(=O)[C@H]2CC(=O)N(c3ccc4c(c3)OCCO4)C2)n1. The lowest BCUT2D eigenvalue weighted by molar-refractivity contribution is -0.122. The van der Waals surface area contributed by atoms with Gasteiger partial charge in [0.2, 0.25) is 17.8 Å². The summed E-state index contributed by atoms with van der Waals surface area (Å²) in [6.07, 6.45) is 2.66. The molecule has 142 valence electrons. The number of carbonyl (C=O) groups excluding carboxylic acids is 2. The predicted octanol–water partition coefficient (Wildman–Crippen LogP) is 1.45. The summed E-state index contributed by atoms with van der Waals surface area (Å²) in [4.78, 5) is 30.6. The molecule has 1 N–H and O–H groups in total. The Hall–Kier alpha value is -3.10. The topological polar surface area (TPSA) is 98.6 Å². The molecule has 1 aromatic heterocycles. The fourth-order valence-electron chi connectivity index (χ4n) is 3.23. The van der Waals surface area contributed by atoms with Gasteiger partial charge in [0.1, 0.15) is 19.5 Å². The van der Waals surface area contributed by atoms with Gasteiger partial charge in [-0.1, -0.05) is 6.92 Å². The van der Waals surface area contributed by atoms with Crippen molar-refractivity contribution in [3.05, 3.63) is 24.5 Å². The van der Waals surface area contributed by atoms with Crippen LogP contribution in [0, 0.1) is 5.92 Å². The van der Waals surface area contributed by atoms with Crippen molar-refractivity contribution < 1.29 is 19.1 Å². The molecule has 2 amide bonds. The van der Waals surface area contributed by atoms with Crippen LogP contribution in [-0.2, 0) is 16.1 Å². The molecule has 1 saturated heterocycles. The number of hydrogen-bond donors (Lipinski definition) is 1. The number of hydrogen-bond acceptors (Lipinski definition) is 6. The van der Waals surface area contributed by atoms with Gasteiger partial charge >= 0.3 is 0 Å². The van der Waals surface area contributed by atoms with Gasteiger partial charge in [-0.25, -0.2) is 4.98 Å². The second kappa shape index (κ2) is 7.26. The highest BCUT2D eigenvalue weighted by molar-refractivity contribution is 6.03. The van der Waals surface area contributed by atoms with E-state index in [1.807, 2.05) is 6.92 Å². The van der Waals surface area contributed by atoms with Crippen molar-refractivity contribution in [2.24, 2.45) is 5.92 Å². The van der Waals surface area contributed by atoms with E-state index >= 15 is 0 Å². The molecule has 0 bridgehead atoms. The second-order valence-corrected chi connectivity index (χ2v) is 6.55. The summed E-state index contributed by atoms with van der Waals surface area (Å²) in [5.74, 6) is 0.737. The fourth-order valence-corrected chi connectivity index (χ4v) is 3.23. The summed E-state index contributed by atoms with van der Waals surface area (Å²) in [5, 5.41) is 6.90.